The van der Waals surface area contributed by atoms with Crippen LogP contribution in [0.25, 0.3) is 10.4 Å². The van der Waals surface area contributed by atoms with Gasteiger partial charge in [-0.2, -0.15) is 0 Å². The van der Waals surface area contributed by atoms with E-state index in [0.717, 1.165) is 15.9 Å². The maximum absolute atomic E-state index is 15.4. The lowest BCUT2D eigenvalue weighted by Gasteiger charge is -2.44. The lowest BCUT2D eigenvalue weighted by Crippen LogP contribution is -2.81. The van der Waals surface area contributed by atoms with Gasteiger partial charge < -0.3 is 4.52 Å². The fourth-order valence-corrected chi connectivity index (χ4v) is 11.6. The zero-order valence-corrected chi connectivity index (χ0v) is 36.7. The molecule has 0 bridgehead atoms. The molecule has 0 aliphatic rings. The van der Waals surface area contributed by atoms with Gasteiger partial charge in [0.25, 0.3) is 7.49 Å². The molecule has 0 radical (unpaired) electrons. The van der Waals surface area contributed by atoms with Crippen molar-refractivity contribution >= 4 is 57.1 Å². The third-order valence-electron chi connectivity index (χ3n) is 11.3. The molecule has 0 N–H and O–H groups in total. The van der Waals surface area contributed by atoms with Gasteiger partial charge in [-0.15, -0.1) is 21.9 Å². The van der Waals surface area contributed by atoms with E-state index < -0.39 is 152 Å². The maximum Gasteiger partial charge on any atom is 0.287 e. The van der Waals surface area contributed by atoms with E-state index in [1.807, 2.05) is 66.7 Å². The van der Waals surface area contributed by atoms with Crippen LogP contribution in [0, 0.1) is 116 Å². The summed E-state index contributed by atoms with van der Waals surface area (Å²) < 4.78 is 301. The molecule has 0 fully saturated rings. The zero-order valence-electron chi connectivity index (χ0n) is 35.8. The molecule has 0 heterocycles. The van der Waals surface area contributed by atoms with Gasteiger partial charge >= 0.3 is 0 Å². The molecule has 0 aromatic heterocycles. The second-order valence-electron chi connectivity index (χ2n) is 15.2. The Morgan fingerprint density at radius 3 is 0.811 bits per heavy atom. The number of nitrogens with zero attached hydrogens (tertiary/aromatic N) is 3. The molecule has 0 unspecified atom stereocenters. The summed E-state index contributed by atoms with van der Waals surface area (Å²) in [4.78, 5) is 2.90. The first-order valence-corrected chi connectivity index (χ1v) is 21.9. The molecule has 8 aromatic rings. The number of hydrogen-bond acceptors (Lipinski definition) is 2. The Morgan fingerprint density at radius 1 is 0.324 bits per heavy atom. The lowest BCUT2D eigenvalue weighted by atomic mass is 9.12. The van der Waals surface area contributed by atoms with Crippen LogP contribution in [0.4, 0.5) is 93.5 Å². The molecule has 8 aromatic carbocycles. The van der Waals surface area contributed by atoms with Crippen LogP contribution >= 0.6 is 7.49 Å². The molecule has 380 valence electrons. The Labute approximate surface area is 401 Å². The Morgan fingerprint density at radius 2 is 0.568 bits per heavy atom. The standard InChI is InChI=1S/C24BF20.C24H19N3OP/c26-5-1(6(27)14(35)21(42)13(5)34)25(2-7(28)15(36)22(43)16(37)8(2)29,3-9(30)17(38)23(44)18(39)10(3)31)4-11(32)19(40)24(45)20(41)12(4)33;25-27-26-20-11-10-12-21(19-20)28-29(22-13-4-1-5-14-22,23-15-6-2-7-16-23)24-17-8-3-9-18-24/h;1-19H/q-1;+1. The van der Waals surface area contributed by atoms with Gasteiger partial charge in [0.2, 0.25) is 0 Å². The SMILES string of the molecule is Fc1c(F)c(F)c([B-](c2c(F)c(F)c(F)c(F)c2F)(c2c(F)c(F)c(F)c(F)c2F)c2c(F)c(F)c(F)c(F)c2F)c(F)c1F.[N-]=[N+]=Nc1cccc(O[P+](c2ccccc2)(c2ccccc2)c2ccccc2)c1. The first-order valence-electron chi connectivity index (χ1n) is 20.2. The Bertz CT molecular complexity index is 3080. The van der Waals surface area contributed by atoms with Crippen LogP contribution in [-0.4, -0.2) is 6.15 Å². The summed E-state index contributed by atoms with van der Waals surface area (Å²) in [6.45, 7) is 0. The fraction of sp³-hybridized carbons (Fsp3) is 0. The molecule has 0 saturated carbocycles. The molecular weight excluding hydrogens is 1060 g/mol. The van der Waals surface area contributed by atoms with Gasteiger partial charge in [-0.25, -0.2) is 87.8 Å². The first-order chi connectivity index (χ1) is 35.0. The smallest absolute Gasteiger partial charge is 0.287 e. The normalized spacial score (nSPS) is 11.5. The van der Waals surface area contributed by atoms with Crippen LogP contribution in [0.2, 0.25) is 0 Å². The first kappa shape index (κ1) is 53.8. The predicted molar refractivity (Wildman–Crippen MR) is 230 cm³/mol. The van der Waals surface area contributed by atoms with Crippen LogP contribution in [0.3, 0.4) is 0 Å². The van der Waals surface area contributed by atoms with Crippen molar-refractivity contribution in [3.8, 4) is 5.75 Å². The quantitative estimate of drug-likeness (QED) is 0.0197. The van der Waals surface area contributed by atoms with Crippen molar-refractivity contribution in [3.05, 3.63) is 242 Å². The minimum absolute atomic E-state index is 0.525. The summed E-state index contributed by atoms with van der Waals surface area (Å²) >= 11 is 0. The third kappa shape index (κ3) is 8.58. The van der Waals surface area contributed by atoms with Crippen molar-refractivity contribution in [2.45, 2.75) is 0 Å². The van der Waals surface area contributed by atoms with Crippen molar-refractivity contribution in [3.63, 3.8) is 0 Å². The third-order valence-corrected chi connectivity index (χ3v) is 14.8. The van der Waals surface area contributed by atoms with Gasteiger partial charge in [0.05, 0.1) is 0 Å². The number of azide groups is 1. The van der Waals surface area contributed by atoms with Crippen molar-refractivity contribution in [2.24, 2.45) is 5.11 Å². The van der Waals surface area contributed by atoms with Gasteiger partial charge in [-0.05, 0) is 54.1 Å². The summed E-state index contributed by atoms with van der Waals surface area (Å²) in [7, 11) is -2.45. The molecule has 0 aliphatic heterocycles. The van der Waals surface area contributed by atoms with Crippen LogP contribution < -0.4 is 42.3 Å². The van der Waals surface area contributed by atoms with Crippen LogP contribution in [0.5, 0.6) is 5.75 Å². The highest BCUT2D eigenvalue weighted by Gasteiger charge is 2.53. The van der Waals surface area contributed by atoms with E-state index >= 15 is 35.1 Å². The Kier molecular flexibility index (Phi) is 15.1. The Balaban J connectivity index is 0.000000237. The van der Waals surface area contributed by atoms with Crippen molar-refractivity contribution in [1.82, 2.24) is 0 Å². The number of rotatable bonds is 10. The topological polar surface area (TPSA) is 58.0 Å². The second-order valence-corrected chi connectivity index (χ2v) is 18.1. The predicted octanol–water partition coefficient (Wildman–Crippen LogP) is 11.8. The van der Waals surface area contributed by atoms with Crippen LogP contribution in [0.1, 0.15) is 0 Å². The minimum atomic E-state index is -7.22. The maximum atomic E-state index is 15.4. The van der Waals surface area contributed by atoms with E-state index in [2.05, 4.69) is 46.4 Å². The van der Waals surface area contributed by atoms with Gasteiger partial charge in [-0.3, -0.25) is 0 Å². The minimum Gasteiger partial charge on any atom is -0.334 e. The van der Waals surface area contributed by atoms with Gasteiger partial charge in [0.15, 0.2) is 75.6 Å². The van der Waals surface area contributed by atoms with Crippen molar-refractivity contribution in [2.75, 3.05) is 0 Å². The monoisotopic (exact) mass is 1080 g/mol. The van der Waals surface area contributed by atoms with E-state index in [-0.39, 0.29) is 0 Å². The van der Waals surface area contributed by atoms with E-state index in [1.165, 1.54) is 0 Å². The highest BCUT2D eigenvalue weighted by molar-refractivity contribution is 7.92. The highest BCUT2D eigenvalue weighted by atomic mass is 31.2. The summed E-state index contributed by atoms with van der Waals surface area (Å²) in [5.41, 5.74) is -5.00. The second kappa shape index (κ2) is 20.8. The van der Waals surface area contributed by atoms with E-state index in [1.54, 1.807) is 12.1 Å². The molecular formula is C48H19BF20N3OP. The average molecular weight is 1080 g/mol. The summed E-state index contributed by atoms with van der Waals surface area (Å²) in [5.74, 6) is -70.7. The van der Waals surface area contributed by atoms with E-state index in [9.17, 15) is 52.7 Å². The average Bonchev–Trinajstić information content (AvgIpc) is 3.41. The molecule has 0 saturated heterocycles. The van der Waals surface area contributed by atoms with Crippen LogP contribution in [0.15, 0.2) is 120 Å². The lowest BCUT2D eigenvalue weighted by molar-refractivity contribution is 0.378. The summed E-state index contributed by atoms with van der Waals surface area (Å²) in [6, 6.07) is 38.2. The molecule has 74 heavy (non-hydrogen) atoms. The number of benzene rings is 8. The Hall–Kier alpha value is -8.04. The van der Waals surface area contributed by atoms with Crippen LogP contribution in [-0.2, 0) is 0 Å². The van der Waals surface area contributed by atoms with Crippen molar-refractivity contribution < 1.29 is 92.3 Å². The molecule has 0 aliphatic carbocycles. The number of halogens is 20. The zero-order chi connectivity index (χ0) is 54.3. The summed E-state index contributed by atoms with van der Waals surface area (Å²) in [6.07, 6.45) is -7.22. The van der Waals surface area contributed by atoms with Gasteiger partial charge in [0.1, 0.15) is 68.6 Å². The highest BCUT2D eigenvalue weighted by Crippen LogP contribution is 2.56. The van der Waals surface area contributed by atoms with Crippen molar-refractivity contribution in [1.29, 1.82) is 0 Å². The molecule has 0 spiro atoms. The van der Waals surface area contributed by atoms with Gasteiger partial charge in [0, 0.05) is 10.6 Å². The molecule has 4 nitrogen and oxygen atoms in total. The van der Waals surface area contributed by atoms with E-state index in [0.29, 0.717) is 11.4 Å². The molecule has 8 rings (SSSR count). The fourth-order valence-electron chi connectivity index (χ4n) is 8.21. The largest absolute Gasteiger partial charge is 0.334 e. The molecule has 0 atom stereocenters. The summed E-state index contributed by atoms with van der Waals surface area (Å²) in [5, 5.41) is 7.08. The van der Waals surface area contributed by atoms with E-state index in [4.69, 9.17) is 10.1 Å². The number of hydrogen-bond donors (Lipinski definition) is 0. The van der Waals surface area contributed by atoms with Gasteiger partial charge in [-0.1, -0.05) is 71.8 Å². The molecule has 0 amide bonds. The molecule has 26 heteroatoms.